The first-order chi connectivity index (χ1) is 11.0. The molecule has 1 fully saturated rings. The molecule has 0 unspecified atom stereocenters. The summed E-state index contributed by atoms with van der Waals surface area (Å²) in [7, 11) is 0. The molecule has 0 saturated carbocycles. The molecule has 1 amide bonds. The minimum absolute atomic E-state index is 0.000687. The fourth-order valence-electron chi connectivity index (χ4n) is 3.57. The molecule has 1 aliphatic rings. The predicted octanol–water partition coefficient (Wildman–Crippen LogP) is 1.69. The number of H-pyrrole nitrogens is 1. The maximum Gasteiger partial charge on any atom is 0.251 e. The van der Waals surface area contributed by atoms with E-state index in [0.717, 1.165) is 43.2 Å². The van der Waals surface area contributed by atoms with Gasteiger partial charge < -0.3 is 16.0 Å². The molecule has 0 aliphatic carbocycles. The van der Waals surface area contributed by atoms with Crippen LogP contribution >= 0.6 is 0 Å². The third kappa shape index (κ3) is 2.03. The fraction of sp³-hybridized carbons (Fsp3) is 0.375. The smallest absolute Gasteiger partial charge is 0.251 e. The van der Waals surface area contributed by atoms with Crippen LogP contribution in [0.3, 0.4) is 0 Å². The molecule has 0 atom stereocenters. The number of halogens is 1. The van der Waals surface area contributed by atoms with Crippen LogP contribution in [0.25, 0.3) is 16.7 Å². The van der Waals surface area contributed by atoms with Crippen molar-refractivity contribution in [2.45, 2.75) is 25.2 Å². The van der Waals surface area contributed by atoms with E-state index in [-0.39, 0.29) is 11.0 Å². The summed E-state index contributed by atoms with van der Waals surface area (Å²) in [5.74, 6) is -1.16. The number of carbonyl (C=O) groups excluding carboxylic acids is 1. The summed E-state index contributed by atoms with van der Waals surface area (Å²) in [5.41, 5.74) is 8.49. The van der Waals surface area contributed by atoms with Gasteiger partial charge in [-0.15, -0.1) is 0 Å². The molecule has 0 bridgehead atoms. The molecule has 4 rings (SSSR count). The summed E-state index contributed by atoms with van der Waals surface area (Å²) in [5, 5.41) is 7.79. The van der Waals surface area contributed by atoms with Gasteiger partial charge in [-0.25, -0.2) is 8.91 Å². The summed E-state index contributed by atoms with van der Waals surface area (Å²) in [6.45, 7) is 4.12. The number of carbonyl (C=O) groups is 1. The normalized spacial score (nSPS) is 17.8. The molecular weight excluding hydrogens is 297 g/mol. The molecule has 23 heavy (non-hydrogen) atoms. The van der Waals surface area contributed by atoms with Gasteiger partial charge in [0.2, 0.25) is 0 Å². The molecule has 1 saturated heterocycles. The van der Waals surface area contributed by atoms with Gasteiger partial charge in [0.15, 0.2) is 0 Å². The van der Waals surface area contributed by atoms with Crippen LogP contribution in [0.5, 0.6) is 0 Å². The summed E-state index contributed by atoms with van der Waals surface area (Å²) in [6.07, 6.45) is 3.84. The van der Waals surface area contributed by atoms with E-state index in [4.69, 9.17) is 5.73 Å². The first-order valence-electron chi connectivity index (χ1n) is 7.69. The van der Waals surface area contributed by atoms with Gasteiger partial charge in [0.25, 0.3) is 5.91 Å². The van der Waals surface area contributed by atoms with Crippen molar-refractivity contribution in [1.29, 1.82) is 0 Å². The standard InChI is InChI=1S/C16H18FN5O/c1-16(2-4-19-5-3-16)11-8-20-22-13-10(14(18)23)6-9(17)7-12(13)21-15(11)22/h6-8,19,21H,2-5H2,1H3,(H2,18,23). The minimum atomic E-state index is -0.666. The lowest BCUT2D eigenvalue weighted by Crippen LogP contribution is -2.37. The third-order valence-electron chi connectivity index (χ3n) is 4.93. The van der Waals surface area contributed by atoms with Crippen molar-refractivity contribution < 1.29 is 9.18 Å². The number of nitrogens with one attached hydrogen (secondary N) is 2. The van der Waals surface area contributed by atoms with Crippen LogP contribution in [-0.4, -0.2) is 33.6 Å². The van der Waals surface area contributed by atoms with E-state index in [1.54, 1.807) is 4.52 Å². The molecule has 1 aliphatic heterocycles. The number of aromatic nitrogens is 3. The zero-order valence-corrected chi connectivity index (χ0v) is 12.8. The first-order valence-corrected chi connectivity index (χ1v) is 7.69. The second-order valence-electron chi connectivity index (χ2n) is 6.47. The van der Waals surface area contributed by atoms with Crippen molar-refractivity contribution in [3.8, 4) is 0 Å². The average Bonchev–Trinajstić information content (AvgIpc) is 3.05. The van der Waals surface area contributed by atoms with E-state index in [0.29, 0.717) is 11.0 Å². The monoisotopic (exact) mass is 315 g/mol. The Balaban J connectivity index is 2.00. The number of primary amides is 1. The highest BCUT2D eigenvalue weighted by Gasteiger charge is 2.33. The number of hydrogen-bond donors (Lipinski definition) is 3. The van der Waals surface area contributed by atoms with Crippen molar-refractivity contribution in [2.75, 3.05) is 13.1 Å². The van der Waals surface area contributed by atoms with E-state index >= 15 is 0 Å². The maximum absolute atomic E-state index is 13.8. The highest BCUT2D eigenvalue weighted by atomic mass is 19.1. The van der Waals surface area contributed by atoms with Gasteiger partial charge in [-0.3, -0.25) is 4.79 Å². The third-order valence-corrected chi connectivity index (χ3v) is 4.93. The zero-order valence-electron chi connectivity index (χ0n) is 12.8. The zero-order chi connectivity index (χ0) is 16.2. The number of benzene rings is 1. The highest BCUT2D eigenvalue weighted by Crippen LogP contribution is 2.36. The van der Waals surface area contributed by atoms with Crippen LogP contribution in [0.1, 0.15) is 35.7 Å². The van der Waals surface area contributed by atoms with Crippen LogP contribution in [-0.2, 0) is 5.41 Å². The lowest BCUT2D eigenvalue weighted by Gasteiger charge is -2.33. The van der Waals surface area contributed by atoms with Gasteiger partial charge in [-0.1, -0.05) is 6.92 Å². The summed E-state index contributed by atoms with van der Waals surface area (Å²) >= 11 is 0. The van der Waals surface area contributed by atoms with Gasteiger partial charge in [0.05, 0.1) is 17.3 Å². The molecule has 4 N–H and O–H groups in total. The average molecular weight is 315 g/mol. The van der Waals surface area contributed by atoms with Gasteiger partial charge >= 0.3 is 0 Å². The van der Waals surface area contributed by atoms with Crippen molar-refractivity contribution in [1.82, 2.24) is 19.9 Å². The highest BCUT2D eigenvalue weighted by molar-refractivity contribution is 6.05. The van der Waals surface area contributed by atoms with Crippen molar-refractivity contribution in [3.63, 3.8) is 0 Å². The summed E-state index contributed by atoms with van der Waals surface area (Å²) < 4.78 is 15.4. The molecule has 120 valence electrons. The Kier molecular flexibility index (Phi) is 2.96. The second-order valence-corrected chi connectivity index (χ2v) is 6.47. The number of piperidine rings is 1. The Morgan fingerprint density at radius 1 is 1.39 bits per heavy atom. The van der Waals surface area contributed by atoms with E-state index in [2.05, 4.69) is 22.3 Å². The largest absolute Gasteiger partial charge is 0.366 e. The van der Waals surface area contributed by atoms with E-state index < -0.39 is 11.7 Å². The molecule has 0 radical (unpaired) electrons. The van der Waals surface area contributed by atoms with E-state index in [9.17, 15) is 9.18 Å². The molecule has 3 aromatic rings. The Morgan fingerprint density at radius 2 is 2.13 bits per heavy atom. The van der Waals surface area contributed by atoms with E-state index in [1.165, 1.54) is 6.07 Å². The van der Waals surface area contributed by atoms with Crippen LogP contribution in [0, 0.1) is 5.82 Å². The predicted molar refractivity (Wildman–Crippen MR) is 85.0 cm³/mol. The lowest BCUT2D eigenvalue weighted by atomic mass is 9.76. The Labute approximate surface area is 131 Å². The Bertz CT molecular complexity index is 919. The second kappa shape index (κ2) is 4.79. The minimum Gasteiger partial charge on any atom is -0.366 e. The van der Waals surface area contributed by atoms with Crippen LogP contribution < -0.4 is 11.1 Å². The molecule has 1 aromatic carbocycles. The number of imidazole rings is 1. The molecular formula is C16H18FN5O. The summed E-state index contributed by atoms with van der Waals surface area (Å²) in [4.78, 5) is 14.9. The number of nitrogens with zero attached hydrogens (tertiary/aromatic N) is 2. The number of amides is 1. The lowest BCUT2D eigenvalue weighted by molar-refractivity contribution is 0.100. The van der Waals surface area contributed by atoms with Crippen molar-refractivity contribution in [2.24, 2.45) is 5.73 Å². The molecule has 2 aromatic heterocycles. The Morgan fingerprint density at radius 3 is 2.83 bits per heavy atom. The molecule has 0 spiro atoms. The molecule has 3 heterocycles. The van der Waals surface area contributed by atoms with Gasteiger partial charge in [0.1, 0.15) is 17.0 Å². The topological polar surface area (TPSA) is 88.2 Å². The van der Waals surface area contributed by atoms with Gasteiger partial charge in [0, 0.05) is 11.0 Å². The molecule has 7 heteroatoms. The van der Waals surface area contributed by atoms with Gasteiger partial charge in [-0.05, 0) is 38.1 Å². The number of aromatic amines is 1. The molecule has 6 nitrogen and oxygen atoms in total. The van der Waals surface area contributed by atoms with Gasteiger partial charge in [-0.2, -0.15) is 5.10 Å². The quantitative estimate of drug-likeness (QED) is 0.672. The maximum atomic E-state index is 13.8. The van der Waals surface area contributed by atoms with Crippen LogP contribution in [0.4, 0.5) is 4.39 Å². The number of nitrogens with two attached hydrogens (primary N) is 1. The Hall–Kier alpha value is -2.41. The van der Waals surface area contributed by atoms with Crippen molar-refractivity contribution >= 4 is 22.6 Å². The SMILES string of the molecule is CC1(c2cnn3c2[nH]c2cc(F)cc(C(N)=O)c23)CCNCC1. The number of fused-ring (bicyclic) bond motifs is 3. The van der Waals surface area contributed by atoms with Crippen molar-refractivity contribution in [3.05, 3.63) is 35.3 Å². The first kappa shape index (κ1) is 14.2. The summed E-state index contributed by atoms with van der Waals surface area (Å²) in [6, 6.07) is 2.52. The number of hydrogen-bond acceptors (Lipinski definition) is 3. The van der Waals surface area contributed by atoms with E-state index in [1.807, 2.05) is 6.20 Å². The van der Waals surface area contributed by atoms with Crippen LogP contribution in [0.2, 0.25) is 0 Å². The van der Waals surface area contributed by atoms with Crippen LogP contribution in [0.15, 0.2) is 18.3 Å². The number of rotatable bonds is 2. The fourth-order valence-corrected chi connectivity index (χ4v) is 3.57.